The second-order valence-corrected chi connectivity index (χ2v) is 5.28. The molecule has 0 aliphatic heterocycles. The molecule has 2 aromatic carbocycles. The number of hydrogen-bond donors (Lipinski definition) is 3. The van der Waals surface area contributed by atoms with E-state index in [1.807, 2.05) is 0 Å². The Kier molecular flexibility index (Phi) is 5.56. The number of hydrazine groups is 1. The van der Waals surface area contributed by atoms with Gasteiger partial charge in [-0.25, -0.2) is 10.2 Å². The molecule has 0 aromatic heterocycles. The molecular formula is C14H10Cl2N4O4. The molecule has 3 N–H and O–H groups in total. The van der Waals surface area contributed by atoms with E-state index in [1.165, 1.54) is 42.5 Å². The summed E-state index contributed by atoms with van der Waals surface area (Å²) in [6.07, 6.45) is 0. The van der Waals surface area contributed by atoms with Crippen molar-refractivity contribution >= 4 is 46.5 Å². The summed E-state index contributed by atoms with van der Waals surface area (Å²) in [6.45, 7) is 0. The fourth-order valence-corrected chi connectivity index (χ4v) is 1.95. The molecule has 2 aromatic rings. The maximum Gasteiger partial charge on any atom is 0.337 e. The predicted molar refractivity (Wildman–Crippen MR) is 89.2 cm³/mol. The van der Waals surface area contributed by atoms with Crippen LogP contribution in [0, 0.1) is 10.1 Å². The van der Waals surface area contributed by atoms with E-state index in [1.54, 1.807) is 0 Å². The van der Waals surface area contributed by atoms with Crippen LogP contribution in [0.3, 0.4) is 0 Å². The number of nitro benzene ring substituents is 1. The highest BCUT2D eigenvalue weighted by Crippen LogP contribution is 2.24. The van der Waals surface area contributed by atoms with Crippen LogP contribution in [-0.4, -0.2) is 16.9 Å². The molecule has 0 aliphatic carbocycles. The number of amides is 3. The fraction of sp³-hybridized carbons (Fsp3) is 0. The van der Waals surface area contributed by atoms with E-state index < -0.39 is 16.9 Å². The van der Waals surface area contributed by atoms with E-state index in [4.69, 9.17) is 23.2 Å². The van der Waals surface area contributed by atoms with Crippen molar-refractivity contribution in [2.75, 3.05) is 5.32 Å². The summed E-state index contributed by atoms with van der Waals surface area (Å²) in [4.78, 5) is 33.5. The third-order valence-corrected chi connectivity index (χ3v) is 3.55. The summed E-state index contributed by atoms with van der Waals surface area (Å²) < 4.78 is 0. The number of urea groups is 1. The Balaban J connectivity index is 1.89. The van der Waals surface area contributed by atoms with Crippen molar-refractivity contribution in [1.82, 2.24) is 10.9 Å². The van der Waals surface area contributed by atoms with E-state index in [9.17, 15) is 19.7 Å². The lowest BCUT2D eigenvalue weighted by atomic mass is 10.2. The van der Waals surface area contributed by atoms with Crippen molar-refractivity contribution in [3.8, 4) is 0 Å². The molecule has 0 saturated heterocycles. The number of halogens is 2. The van der Waals surface area contributed by atoms with Crippen LogP contribution in [0.15, 0.2) is 42.5 Å². The molecule has 2 rings (SSSR count). The molecular weight excluding hydrogens is 359 g/mol. The van der Waals surface area contributed by atoms with E-state index in [2.05, 4.69) is 16.2 Å². The smallest absolute Gasteiger partial charge is 0.307 e. The summed E-state index contributed by atoms with van der Waals surface area (Å²) in [5.74, 6) is -0.630. The Morgan fingerprint density at radius 1 is 0.958 bits per heavy atom. The number of anilines is 1. The molecule has 0 bridgehead atoms. The highest BCUT2D eigenvalue weighted by molar-refractivity contribution is 6.42. The lowest BCUT2D eigenvalue weighted by Crippen LogP contribution is -2.43. The van der Waals surface area contributed by atoms with Crippen LogP contribution < -0.4 is 16.2 Å². The van der Waals surface area contributed by atoms with Crippen LogP contribution in [0.5, 0.6) is 0 Å². The second-order valence-electron chi connectivity index (χ2n) is 4.47. The highest BCUT2D eigenvalue weighted by atomic mass is 35.5. The van der Waals surface area contributed by atoms with Gasteiger partial charge in [-0.3, -0.25) is 20.3 Å². The first-order valence-corrected chi connectivity index (χ1v) is 7.19. The van der Waals surface area contributed by atoms with Crippen molar-refractivity contribution in [1.29, 1.82) is 0 Å². The highest BCUT2D eigenvalue weighted by Gasteiger charge is 2.10. The van der Waals surface area contributed by atoms with Gasteiger partial charge in [-0.05, 0) is 30.3 Å². The normalized spacial score (nSPS) is 9.92. The van der Waals surface area contributed by atoms with Crippen LogP contribution in [0.1, 0.15) is 10.4 Å². The summed E-state index contributed by atoms with van der Waals surface area (Å²) in [7, 11) is 0. The van der Waals surface area contributed by atoms with Crippen molar-refractivity contribution < 1.29 is 14.5 Å². The average Bonchev–Trinajstić information content (AvgIpc) is 2.56. The summed E-state index contributed by atoms with van der Waals surface area (Å²) in [6, 6.07) is 8.69. The molecule has 3 amide bonds. The molecule has 0 saturated carbocycles. The first-order chi connectivity index (χ1) is 11.4. The van der Waals surface area contributed by atoms with Crippen molar-refractivity contribution in [2.24, 2.45) is 0 Å². The van der Waals surface area contributed by atoms with Crippen molar-refractivity contribution in [2.45, 2.75) is 0 Å². The Labute approximate surface area is 145 Å². The van der Waals surface area contributed by atoms with Crippen LogP contribution >= 0.6 is 23.2 Å². The van der Waals surface area contributed by atoms with Gasteiger partial charge >= 0.3 is 6.03 Å². The third kappa shape index (κ3) is 4.58. The molecule has 0 unspecified atom stereocenters. The Morgan fingerprint density at radius 2 is 1.62 bits per heavy atom. The van der Waals surface area contributed by atoms with Crippen LogP contribution in [0.2, 0.25) is 10.0 Å². The molecule has 0 radical (unpaired) electrons. The minimum Gasteiger partial charge on any atom is -0.307 e. The summed E-state index contributed by atoms with van der Waals surface area (Å²) in [5, 5.41) is 13.6. The predicted octanol–water partition coefficient (Wildman–Crippen LogP) is 3.37. The lowest BCUT2D eigenvalue weighted by molar-refractivity contribution is -0.384. The zero-order valence-electron chi connectivity index (χ0n) is 11.9. The van der Waals surface area contributed by atoms with E-state index >= 15 is 0 Å². The number of benzene rings is 2. The number of carbonyl (C=O) groups excluding carboxylic acids is 2. The number of hydrogen-bond acceptors (Lipinski definition) is 4. The molecule has 0 heterocycles. The fourth-order valence-electron chi connectivity index (χ4n) is 1.66. The van der Waals surface area contributed by atoms with Crippen LogP contribution in [0.25, 0.3) is 0 Å². The monoisotopic (exact) mass is 368 g/mol. The first kappa shape index (κ1) is 17.5. The molecule has 0 fully saturated rings. The SMILES string of the molecule is O=C(NNC(=O)c1ccc([N+](=O)[O-])cc1)Nc1ccc(Cl)c(Cl)c1. The Bertz CT molecular complexity index is 796. The molecule has 8 nitrogen and oxygen atoms in total. The number of carbonyl (C=O) groups is 2. The maximum absolute atomic E-state index is 11.8. The topological polar surface area (TPSA) is 113 Å². The standard InChI is InChI=1S/C14H10Cl2N4O4/c15-11-6-3-9(7-12(11)16)17-14(22)19-18-13(21)8-1-4-10(5-2-8)20(23)24/h1-7H,(H,18,21)(H2,17,19,22). The average molecular weight is 369 g/mol. The van der Waals surface area contributed by atoms with Gasteiger partial charge in [-0.2, -0.15) is 0 Å². The summed E-state index contributed by atoms with van der Waals surface area (Å²) in [5.41, 5.74) is 4.69. The van der Waals surface area contributed by atoms with Gasteiger partial charge < -0.3 is 5.32 Å². The maximum atomic E-state index is 11.8. The van der Waals surface area contributed by atoms with Gasteiger partial charge in [0.2, 0.25) is 0 Å². The number of nitrogens with one attached hydrogen (secondary N) is 3. The Morgan fingerprint density at radius 3 is 2.21 bits per heavy atom. The first-order valence-electron chi connectivity index (χ1n) is 6.43. The third-order valence-electron chi connectivity index (χ3n) is 2.81. The van der Waals surface area contributed by atoms with Crippen molar-refractivity contribution in [3.05, 3.63) is 68.2 Å². The minimum atomic E-state index is -0.705. The van der Waals surface area contributed by atoms with Gasteiger partial charge in [0.05, 0.1) is 15.0 Å². The zero-order chi connectivity index (χ0) is 17.7. The van der Waals surface area contributed by atoms with Gasteiger partial charge in [0.1, 0.15) is 0 Å². The quantitative estimate of drug-likeness (QED) is 0.569. The molecule has 0 atom stereocenters. The van der Waals surface area contributed by atoms with Gasteiger partial charge in [0.15, 0.2) is 0 Å². The zero-order valence-corrected chi connectivity index (χ0v) is 13.4. The van der Waals surface area contributed by atoms with Crippen LogP contribution in [0.4, 0.5) is 16.2 Å². The van der Waals surface area contributed by atoms with E-state index in [0.717, 1.165) is 0 Å². The largest absolute Gasteiger partial charge is 0.337 e. The number of rotatable bonds is 3. The lowest BCUT2D eigenvalue weighted by Gasteiger charge is -2.09. The van der Waals surface area contributed by atoms with Crippen LogP contribution in [-0.2, 0) is 0 Å². The minimum absolute atomic E-state index is 0.142. The Hall–Kier alpha value is -2.84. The van der Waals surface area contributed by atoms with E-state index in [-0.39, 0.29) is 16.3 Å². The summed E-state index contributed by atoms with van der Waals surface area (Å²) >= 11 is 11.6. The number of non-ortho nitro benzene ring substituents is 1. The van der Waals surface area contributed by atoms with Crippen molar-refractivity contribution in [3.63, 3.8) is 0 Å². The molecule has 24 heavy (non-hydrogen) atoms. The molecule has 10 heteroatoms. The molecule has 0 spiro atoms. The second kappa shape index (κ2) is 7.62. The molecule has 124 valence electrons. The number of nitro groups is 1. The van der Waals surface area contributed by atoms with Gasteiger partial charge in [-0.15, -0.1) is 0 Å². The van der Waals surface area contributed by atoms with E-state index in [0.29, 0.717) is 10.7 Å². The van der Waals surface area contributed by atoms with Gasteiger partial charge in [0.25, 0.3) is 11.6 Å². The number of nitrogens with zero attached hydrogens (tertiary/aromatic N) is 1. The van der Waals surface area contributed by atoms with Gasteiger partial charge in [0, 0.05) is 23.4 Å². The molecule has 0 aliphatic rings. The van der Waals surface area contributed by atoms with Gasteiger partial charge in [-0.1, -0.05) is 23.2 Å².